The predicted molar refractivity (Wildman–Crippen MR) is 293 cm³/mol. The molecule has 332 valence electrons. The van der Waals surface area contributed by atoms with Gasteiger partial charge in [0.15, 0.2) is 0 Å². The zero-order valence-corrected chi connectivity index (χ0v) is 39.7. The van der Waals surface area contributed by atoms with E-state index in [-0.39, 0.29) is 0 Å². The van der Waals surface area contributed by atoms with Gasteiger partial charge in [-0.1, -0.05) is 238 Å². The van der Waals surface area contributed by atoms with Gasteiger partial charge in [0.05, 0.1) is 5.41 Å². The Hall–Kier alpha value is -7.72. The smallest absolute Gasteiger partial charge is 0.0710 e. The lowest BCUT2D eigenvalue weighted by Crippen LogP contribution is -2.30. The van der Waals surface area contributed by atoms with Gasteiger partial charge in [0, 0.05) is 0 Å². The first kappa shape index (κ1) is 48.7. The van der Waals surface area contributed by atoms with Crippen molar-refractivity contribution in [2.24, 2.45) is 0 Å². The summed E-state index contributed by atoms with van der Waals surface area (Å²) in [6.45, 7) is 17.2. The molecule has 0 fully saturated rings. The lowest BCUT2D eigenvalue weighted by atomic mass is 9.65. The van der Waals surface area contributed by atoms with Crippen molar-refractivity contribution in [1.29, 1.82) is 0 Å². The molecule has 0 saturated heterocycles. The Kier molecular flexibility index (Phi) is 17.8. The van der Waals surface area contributed by atoms with Gasteiger partial charge in [0.2, 0.25) is 0 Å². The summed E-state index contributed by atoms with van der Waals surface area (Å²) in [4.78, 5) is 0. The number of fused-ring (bicyclic) bond motifs is 7. The molecule has 1 spiro atoms. The van der Waals surface area contributed by atoms with Crippen LogP contribution in [-0.2, 0) is 24.7 Å². The number of rotatable bonds is 6. The van der Waals surface area contributed by atoms with Gasteiger partial charge in [-0.25, -0.2) is 0 Å². The Morgan fingerprint density at radius 2 is 1.18 bits per heavy atom. The molecule has 0 N–H and O–H groups in total. The van der Waals surface area contributed by atoms with Crippen molar-refractivity contribution < 1.29 is 0 Å². The molecule has 0 saturated carbocycles. The fraction of sp³-hybridized carbons (Fsp3) is 0.134. The highest BCUT2D eigenvalue weighted by Crippen LogP contribution is 2.57. The molecule has 0 heteroatoms. The number of terminal acetylenes is 1. The minimum atomic E-state index is -0.412. The van der Waals surface area contributed by atoms with Gasteiger partial charge >= 0.3 is 0 Å². The minimum absolute atomic E-state index is 0.412. The molecule has 0 radical (unpaired) electrons. The van der Waals surface area contributed by atoms with E-state index in [9.17, 15) is 0 Å². The molecule has 0 aromatic heterocycles. The molecule has 67 heavy (non-hydrogen) atoms. The average Bonchev–Trinajstić information content (AvgIpc) is 3.74. The van der Waals surface area contributed by atoms with Gasteiger partial charge in [-0.05, 0) is 135 Å². The fourth-order valence-electron chi connectivity index (χ4n) is 9.14. The summed E-state index contributed by atoms with van der Waals surface area (Å²) in [5.41, 5.74) is 20.7. The maximum atomic E-state index is 4.69. The van der Waals surface area contributed by atoms with Crippen LogP contribution in [0, 0.1) is 19.8 Å². The van der Waals surface area contributed by atoms with Crippen LogP contribution in [0.3, 0.4) is 0 Å². The number of aryl methyl sites for hydroxylation is 2. The standard InChI is InChI=1S/C34H28.C17H18.C12H12.C2H4.C2H2/c1-3-25-17-19-26(20-18-25)28-22-21-27-12-6-4-5-11-24(2)34(33(27)23-28)31-15-9-7-13-29(31)30-14-8-10-16-32(30)34;1-14-8-11-16(12-9-14)13-10-15(2)17-6-4-3-5-7-17;1-3-7-11(8-4-1)12-9-5-2-6-10-12;2*1-2/h4-11,13-23H,2-3,12H2,1H3;3-12H,13H2,1-2H3;1-5,7-9H,6,10H2;1-2H2;1-2H/b6-4-,11-5-;15-10+;;;. The first-order valence-corrected chi connectivity index (χ1v) is 23.4. The van der Waals surface area contributed by atoms with Crippen molar-refractivity contribution >= 4 is 11.1 Å². The largest absolute Gasteiger partial charge is 0.124 e. The zero-order valence-electron chi connectivity index (χ0n) is 39.7. The lowest BCUT2D eigenvalue weighted by Gasteiger charge is -2.36. The highest BCUT2D eigenvalue weighted by Gasteiger charge is 2.47. The van der Waals surface area contributed by atoms with Crippen LogP contribution < -0.4 is 0 Å². The zero-order chi connectivity index (χ0) is 47.4. The number of allylic oxidation sites excluding steroid dienone is 11. The monoisotopic (exact) mass is 869 g/mol. The van der Waals surface area contributed by atoms with Crippen LogP contribution >= 0.6 is 0 Å². The Morgan fingerprint density at radius 1 is 0.597 bits per heavy atom. The number of hydrogen-bond donors (Lipinski definition) is 0. The van der Waals surface area contributed by atoms with Gasteiger partial charge in [-0.15, -0.1) is 26.0 Å². The molecule has 0 unspecified atom stereocenters. The molecule has 0 bridgehead atoms. The third kappa shape index (κ3) is 11.6. The number of benzene rings is 7. The molecule has 0 nitrogen and oxygen atoms in total. The lowest BCUT2D eigenvalue weighted by molar-refractivity contribution is 0.760. The fourth-order valence-corrected chi connectivity index (χ4v) is 9.14. The van der Waals surface area contributed by atoms with Crippen LogP contribution in [0.15, 0.2) is 250 Å². The SMILES string of the molecule is C#C.C/C(=C\Cc1ccc(C)cc1)c1ccccc1.C1=CCCC(c2ccccc2)=C1.C=C.C=C1/C=C\C=C/Cc2ccc(-c3ccc(CC)cc3)cc2C12c1ccccc1-c1ccccc12. The maximum absolute atomic E-state index is 4.69. The second-order valence-corrected chi connectivity index (χ2v) is 16.7. The van der Waals surface area contributed by atoms with E-state index in [0.29, 0.717) is 0 Å². The second kappa shape index (κ2) is 24.5. The van der Waals surface area contributed by atoms with Crippen LogP contribution in [0.1, 0.15) is 76.8 Å². The molecule has 3 aliphatic carbocycles. The van der Waals surface area contributed by atoms with Crippen LogP contribution in [0.2, 0.25) is 0 Å². The van der Waals surface area contributed by atoms with Crippen molar-refractivity contribution in [3.05, 3.63) is 300 Å². The van der Waals surface area contributed by atoms with E-state index in [1.165, 1.54) is 96.3 Å². The van der Waals surface area contributed by atoms with E-state index < -0.39 is 5.41 Å². The van der Waals surface area contributed by atoms with Crippen LogP contribution in [-0.4, -0.2) is 0 Å². The summed E-state index contributed by atoms with van der Waals surface area (Å²) < 4.78 is 0. The molecule has 3 aliphatic rings. The van der Waals surface area contributed by atoms with E-state index in [0.717, 1.165) is 24.8 Å². The Labute approximate surface area is 402 Å². The number of hydrogen-bond acceptors (Lipinski definition) is 0. The van der Waals surface area contributed by atoms with Gasteiger partial charge in [-0.3, -0.25) is 0 Å². The van der Waals surface area contributed by atoms with Gasteiger partial charge in [-0.2, -0.15) is 0 Å². The molecular weight excluding hydrogens is 805 g/mol. The summed E-state index contributed by atoms with van der Waals surface area (Å²) in [5.74, 6) is 0. The van der Waals surface area contributed by atoms with Crippen molar-refractivity contribution in [3.63, 3.8) is 0 Å². The highest BCUT2D eigenvalue weighted by molar-refractivity contribution is 5.87. The third-order valence-corrected chi connectivity index (χ3v) is 12.7. The van der Waals surface area contributed by atoms with E-state index in [1.807, 2.05) is 0 Å². The van der Waals surface area contributed by atoms with Gasteiger partial charge in [0.1, 0.15) is 0 Å². The second-order valence-electron chi connectivity index (χ2n) is 16.7. The summed E-state index contributed by atoms with van der Waals surface area (Å²) in [6, 6.07) is 63.6. The van der Waals surface area contributed by atoms with Crippen LogP contribution in [0.5, 0.6) is 0 Å². The first-order chi connectivity index (χ1) is 32.9. The topological polar surface area (TPSA) is 0 Å². The molecular formula is C67H64. The molecule has 7 aromatic rings. The maximum Gasteiger partial charge on any atom is 0.0710 e. The molecule has 7 aromatic carbocycles. The molecule has 0 amide bonds. The van der Waals surface area contributed by atoms with E-state index >= 15 is 0 Å². The minimum Gasteiger partial charge on any atom is -0.124 e. The Balaban J connectivity index is 0.000000186. The van der Waals surface area contributed by atoms with Gasteiger partial charge in [0.25, 0.3) is 0 Å². The van der Waals surface area contributed by atoms with E-state index in [2.05, 4.69) is 271 Å². The van der Waals surface area contributed by atoms with Crippen LogP contribution in [0.4, 0.5) is 0 Å². The normalized spacial score (nSPS) is 14.6. The Bertz CT molecular complexity index is 2830. The van der Waals surface area contributed by atoms with Crippen molar-refractivity contribution in [2.45, 2.75) is 58.3 Å². The van der Waals surface area contributed by atoms with Crippen molar-refractivity contribution in [1.82, 2.24) is 0 Å². The van der Waals surface area contributed by atoms with Crippen molar-refractivity contribution in [2.75, 3.05) is 0 Å². The first-order valence-electron chi connectivity index (χ1n) is 23.4. The molecule has 0 heterocycles. The van der Waals surface area contributed by atoms with Crippen LogP contribution in [0.25, 0.3) is 33.4 Å². The third-order valence-electron chi connectivity index (χ3n) is 12.7. The summed E-state index contributed by atoms with van der Waals surface area (Å²) >= 11 is 0. The Morgan fingerprint density at radius 3 is 1.79 bits per heavy atom. The van der Waals surface area contributed by atoms with E-state index in [1.54, 1.807) is 0 Å². The van der Waals surface area contributed by atoms with Gasteiger partial charge < -0.3 is 0 Å². The molecule has 0 aliphatic heterocycles. The summed E-state index contributed by atoms with van der Waals surface area (Å²) in [7, 11) is 0. The van der Waals surface area contributed by atoms with Crippen molar-refractivity contribution in [3.8, 4) is 35.1 Å². The molecule has 10 rings (SSSR count). The van der Waals surface area contributed by atoms with E-state index in [4.69, 9.17) is 6.58 Å². The highest BCUT2D eigenvalue weighted by atomic mass is 14.5. The summed E-state index contributed by atoms with van der Waals surface area (Å²) in [6.07, 6.45) is 30.9. The summed E-state index contributed by atoms with van der Waals surface area (Å²) in [5, 5.41) is 0. The quantitative estimate of drug-likeness (QED) is 0.115. The average molecular weight is 869 g/mol. The molecule has 0 atom stereocenters. The predicted octanol–water partition coefficient (Wildman–Crippen LogP) is 17.6.